The Hall–Kier alpha value is -0.995. The molecule has 1 heterocycles. The lowest BCUT2D eigenvalue weighted by Gasteiger charge is -2.32. The van der Waals surface area contributed by atoms with Gasteiger partial charge in [0.2, 0.25) is 0 Å². The number of hydrogen-bond acceptors (Lipinski definition) is 3. The number of rotatable bonds is 2. The Morgan fingerprint density at radius 1 is 1.11 bits per heavy atom. The molecular formula is C14H21BO3. The third-order valence-electron chi connectivity index (χ3n) is 4.01. The topological polar surface area (TPSA) is 38.7 Å². The number of phenolic OH excluding ortho intramolecular Hbond substituents is 1. The van der Waals surface area contributed by atoms with E-state index in [0.717, 1.165) is 17.4 Å². The molecule has 3 nitrogen and oxygen atoms in total. The molecule has 1 fully saturated rings. The van der Waals surface area contributed by atoms with E-state index < -0.39 is 0 Å². The Bertz CT molecular complexity index is 438. The van der Waals surface area contributed by atoms with Gasteiger partial charge in [-0.25, -0.2) is 0 Å². The zero-order valence-electron chi connectivity index (χ0n) is 11.8. The van der Waals surface area contributed by atoms with Crippen molar-refractivity contribution in [2.24, 2.45) is 0 Å². The molecule has 18 heavy (non-hydrogen) atoms. The van der Waals surface area contributed by atoms with Crippen LogP contribution in [0.3, 0.4) is 0 Å². The van der Waals surface area contributed by atoms with E-state index in [9.17, 15) is 5.11 Å². The van der Waals surface area contributed by atoms with Gasteiger partial charge in [-0.15, -0.1) is 0 Å². The number of phenols is 1. The van der Waals surface area contributed by atoms with Gasteiger partial charge in [0.25, 0.3) is 0 Å². The molecule has 1 aliphatic rings. The van der Waals surface area contributed by atoms with Gasteiger partial charge in [0.05, 0.1) is 11.2 Å². The van der Waals surface area contributed by atoms with Crippen molar-refractivity contribution in [1.82, 2.24) is 0 Å². The van der Waals surface area contributed by atoms with E-state index in [4.69, 9.17) is 9.31 Å². The number of aryl methyl sites for hydroxylation is 1. The normalized spacial score (nSPS) is 21.3. The van der Waals surface area contributed by atoms with Crippen molar-refractivity contribution in [3.8, 4) is 5.75 Å². The summed E-state index contributed by atoms with van der Waals surface area (Å²) < 4.78 is 12.1. The maximum atomic E-state index is 9.54. The summed E-state index contributed by atoms with van der Waals surface area (Å²) in [5.41, 5.74) is 1.41. The SMILES string of the molecule is CCc1cc(O)ccc1B1OC(C)(C)C(C)(C)O1. The van der Waals surface area contributed by atoms with Crippen molar-refractivity contribution in [3.05, 3.63) is 23.8 Å². The van der Waals surface area contributed by atoms with E-state index in [-0.39, 0.29) is 24.1 Å². The lowest BCUT2D eigenvalue weighted by atomic mass is 9.75. The summed E-state index contributed by atoms with van der Waals surface area (Å²) in [6, 6.07) is 5.34. The van der Waals surface area contributed by atoms with Crippen molar-refractivity contribution in [2.45, 2.75) is 52.2 Å². The van der Waals surface area contributed by atoms with Gasteiger partial charge in [-0.05, 0) is 57.3 Å². The Kier molecular flexibility index (Phi) is 3.20. The summed E-state index contributed by atoms with van der Waals surface area (Å²) in [4.78, 5) is 0. The predicted octanol–water partition coefficient (Wildman–Crippen LogP) is 2.25. The predicted molar refractivity (Wildman–Crippen MR) is 73.2 cm³/mol. The van der Waals surface area contributed by atoms with E-state index in [1.165, 1.54) is 0 Å². The molecule has 1 saturated heterocycles. The first kappa shape index (κ1) is 13.4. The van der Waals surface area contributed by atoms with Crippen LogP contribution in [-0.4, -0.2) is 23.4 Å². The third kappa shape index (κ3) is 2.15. The first-order chi connectivity index (χ1) is 8.27. The summed E-state index contributed by atoms with van der Waals surface area (Å²) >= 11 is 0. The summed E-state index contributed by atoms with van der Waals surface area (Å²) in [7, 11) is -0.356. The molecule has 4 heteroatoms. The van der Waals surface area contributed by atoms with Crippen LogP contribution in [0.25, 0.3) is 0 Å². The number of hydrogen-bond donors (Lipinski definition) is 1. The second kappa shape index (κ2) is 4.28. The minimum atomic E-state index is -0.356. The molecule has 98 valence electrons. The lowest BCUT2D eigenvalue weighted by molar-refractivity contribution is 0.00578. The van der Waals surface area contributed by atoms with Crippen LogP contribution in [0.4, 0.5) is 0 Å². The summed E-state index contributed by atoms with van der Waals surface area (Å²) in [5, 5.41) is 9.54. The molecule has 2 rings (SSSR count). The Morgan fingerprint density at radius 3 is 2.17 bits per heavy atom. The van der Waals surface area contributed by atoms with Crippen LogP contribution < -0.4 is 5.46 Å². The minimum absolute atomic E-state index is 0.284. The van der Waals surface area contributed by atoms with Gasteiger partial charge in [-0.2, -0.15) is 0 Å². The fourth-order valence-corrected chi connectivity index (χ4v) is 2.10. The molecule has 0 bridgehead atoms. The van der Waals surface area contributed by atoms with Crippen LogP contribution in [-0.2, 0) is 15.7 Å². The fourth-order valence-electron chi connectivity index (χ4n) is 2.10. The molecule has 0 radical (unpaired) electrons. The monoisotopic (exact) mass is 248 g/mol. The molecule has 0 saturated carbocycles. The van der Waals surface area contributed by atoms with Gasteiger partial charge in [0.15, 0.2) is 0 Å². The van der Waals surface area contributed by atoms with Gasteiger partial charge in [0.1, 0.15) is 5.75 Å². The minimum Gasteiger partial charge on any atom is -0.508 e. The average Bonchev–Trinajstić information content (AvgIpc) is 2.47. The Morgan fingerprint density at radius 2 is 1.67 bits per heavy atom. The zero-order chi connectivity index (χ0) is 13.6. The van der Waals surface area contributed by atoms with Gasteiger partial charge in [0, 0.05) is 0 Å². The molecule has 1 aromatic carbocycles. The van der Waals surface area contributed by atoms with Crippen molar-refractivity contribution < 1.29 is 14.4 Å². The van der Waals surface area contributed by atoms with Crippen LogP contribution >= 0.6 is 0 Å². The number of benzene rings is 1. The zero-order valence-corrected chi connectivity index (χ0v) is 11.8. The van der Waals surface area contributed by atoms with E-state index in [2.05, 4.69) is 6.92 Å². The molecule has 1 N–H and O–H groups in total. The maximum Gasteiger partial charge on any atom is 0.495 e. The van der Waals surface area contributed by atoms with Crippen molar-refractivity contribution in [2.75, 3.05) is 0 Å². The highest BCUT2D eigenvalue weighted by atomic mass is 16.7. The lowest BCUT2D eigenvalue weighted by Crippen LogP contribution is -2.41. The van der Waals surface area contributed by atoms with Crippen molar-refractivity contribution in [3.63, 3.8) is 0 Å². The largest absolute Gasteiger partial charge is 0.508 e. The highest BCUT2D eigenvalue weighted by Crippen LogP contribution is 2.36. The first-order valence-electron chi connectivity index (χ1n) is 6.44. The number of aromatic hydroxyl groups is 1. The summed E-state index contributed by atoms with van der Waals surface area (Å²) in [5.74, 6) is 0.284. The van der Waals surface area contributed by atoms with Crippen LogP contribution in [0.2, 0.25) is 0 Å². The van der Waals surface area contributed by atoms with E-state index >= 15 is 0 Å². The van der Waals surface area contributed by atoms with Crippen molar-refractivity contribution >= 4 is 12.6 Å². The first-order valence-corrected chi connectivity index (χ1v) is 6.44. The smallest absolute Gasteiger partial charge is 0.495 e. The Labute approximate surface area is 109 Å². The molecular weight excluding hydrogens is 227 g/mol. The molecule has 0 spiro atoms. The molecule has 0 aliphatic carbocycles. The molecule has 0 unspecified atom stereocenters. The second-order valence-electron chi connectivity index (χ2n) is 5.82. The average molecular weight is 248 g/mol. The molecule has 1 aromatic rings. The van der Waals surface area contributed by atoms with E-state index in [1.807, 2.05) is 33.8 Å². The van der Waals surface area contributed by atoms with Crippen LogP contribution in [0, 0.1) is 0 Å². The third-order valence-corrected chi connectivity index (χ3v) is 4.01. The highest BCUT2D eigenvalue weighted by Gasteiger charge is 2.52. The van der Waals surface area contributed by atoms with Gasteiger partial charge < -0.3 is 14.4 Å². The van der Waals surface area contributed by atoms with Crippen LogP contribution in [0.15, 0.2) is 18.2 Å². The molecule has 1 aliphatic heterocycles. The van der Waals surface area contributed by atoms with E-state index in [1.54, 1.807) is 12.1 Å². The Balaban J connectivity index is 2.35. The fraction of sp³-hybridized carbons (Fsp3) is 0.571. The maximum absolute atomic E-state index is 9.54. The van der Waals surface area contributed by atoms with Crippen LogP contribution in [0.1, 0.15) is 40.2 Å². The summed E-state index contributed by atoms with van der Waals surface area (Å²) in [6.07, 6.45) is 0.841. The second-order valence-corrected chi connectivity index (χ2v) is 5.82. The molecule has 0 atom stereocenters. The van der Waals surface area contributed by atoms with Crippen molar-refractivity contribution in [1.29, 1.82) is 0 Å². The van der Waals surface area contributed by atoms with Crippen LogP contribution in [0.5, 0.6) is 5.75 Å². The molecule has 0 amide bonds. The summed E-state index contributed by atoms with van der Waals surface area (Å²) in [6.45, 7) is 10.2. The van der Waals surface area contributed by atoms with Gasteiger partial charge >= 0.3 is 7.12 Å². The van der Waals surface area contributed by atoms with E-state index in [0.29, 0.717) is 0 Å². The standard InChI is InChI=1S/C14H21BO3/c1-6-10-9-11(16)7-8-12(10)15-17-13(2,3)14(4,5)18-15/h7-9,16H,6H2,1-5H3. The molecule has 0 aromatic heterocycles. The van der Waals surface area contributed by atoms with Gasteiger partial charge in [-0.1, -0.05) is 13.0 Å². The highest BCUT2D eigenvalue weighted by molar-refractivity contribution is 6.62. The van der Waals surface area contributed by atoms with Gasteiger partial charge in [-0.3, -0.25) is 0 Å². The quantitative estimate of drug-likeness (QED) is 0.816.